The van der Waals surface area contributed by atoms with Crippen LogP contribution in [0, 0.1) is 18.8 Å². The van der Waals surface area contributed by atoms with E-state index in [1.807, 2.05) is 24.3 Å². The Morgan fingerprint density at radius 1 is 1.45 bits per heavy atom. The van der Waals surface area contributed by atoms with Gasteiger partial charge in [0.05, 0.1) is 35.8 Å². The topological polar surface area (TPSA) is 128 Å². The van der Waals surface area contributed by atoms with Gasteiger partial charge in [0.15, 0.2) is 5.82 Å². The zero-order valence-electron chi connectivity index (χ0n) is 16.1. The molecule has 10 nitrogen and oxygen atoms in total. The van der Waals surface area contributed by atoms with Gasteiger partial charge in [0, 0.05) is 18.8 Å². The third-order valence-electron chi connectivity index (χ3n) is 6.29. The van der Waals surface area contributed by atoms with Crippen LogP contribution in [0.4, 0.5) is 5.69 Å². The summed E-state index contributed by atoms with van der Waals surface area (Å²) in [7, 11) is 0. The maximum absolute atomic E-state index is 13.2. The molecule has 3 saturated heterocycles. The highest BCUT2D eigenvalue weighted by Crippen LogP contribution is 2.55. The van der Waals surface area contributed by atoms with Gasteiger partial charge in [-0.25, -0.2) is 0 Å². The lowest BCUT2D eigenvalue weighted by Gasteiger charge is -2.27. The Kier molecular flexibility index (Phi) is 4.14. The van der Waals surface area contributed by atoms with Crippen LogP contribution in [0.25, 0.3) is 5.69 Å². The van der Waals surface area contributed by atoms with E-state index < -0.39 is 17.4 Å². The molecular formula is C19H23N7O3. The predicted molar refractivity (Wildman–Crippen MR) is 102 cm³/mol. The number of hydrogen-bond donors (Lipinski definition) is 2. The molecule has 152 valence electrons. The van der Waals surface area contributed by atoms with Crippen LogP contribution in [0.15, 0.2) is 24.3 Å². The molecule has 1 aromatic heterocycles. The molecule has 29 heavy (non-hydrogen) atoms. The monoisotopic (exact) mass is 397 g/mol. The summed E-state index contributed by atoms with van der Waals surface area (Å²) in [6, 6.07) is 7.30. The number of amides is 2. The zero-order chi connectivity index (χ0) is 20.2. The highest BCUT2D eigenvalue weighted by atomic mass is 16.5. The maximum Gasteiger partial charge on any atom is 0.231 e. The van der Waals surface area contributed by atoms with Crippen molar-refractivity contribution in [3.05, 3.63) is 30.1 Å². The normalized spacial score (nSPS) is 30.1. The number of rotatable bonds is 5. The van der Waals surface area contributed by atoms with Gasteiger partial charge in [-0.1, -0.05) is 6.07 Å². The first-order valence-electron chi connectivity index (χ1n) is 9.85. The number of nitrogens with two attached hydrogens (primary N) is 1. The van der Waals surface area contributed by atoms with Gasteiger partial charge in [-0.15, -0.1) is 5.10 Å². The molecule has 10 heteroatoms. The van der Waals surface area contributed by atoms with E-state index in [0.717, 1.165) is 18.5 Å². The number of carbonyl (C=O) groups excluding carboxylic acids is 2. The van der Waals surface area contributed by atoms with Crippen LogP contribution in [-0.4, -0.2) is 68.3 Å². The molecule has 3 aliphatic rings. The molecule has 3 aliphatic heterocycles. The second kappa shape index (κ2) is 6.60. The minimum atomic E-state index is -0.537. The molecule has 1 aromatic carbocycles. The van der Waals surface area contributed by atoms with Gasteiger partial charge in [0.25, 0.3) is 0 Å². The van der Waals surface area contributed by atoms with Crippen molar-refractivity contribution in [1.82, 2.24) is 25.1 Å². The molecule has 4 atom stereocenters. The standard InChI is InChI=1S/C19H23N7O3/c1-11-22-23-24-26(11)13-4-2-3-12(9-13)21-17(27)15-14-5-6-19(29-14)10-25(8-7-20)18(28)16(15)19/h2-4,9,14-16H,5-8,10,20H2,1H3,(H,21,27)/t14-,15-,16+,19-/m0/s1. The first-order valence-corrected chi connectivity index (χ1v) is 9.85. The molecule has 0 unspecified atom stereocenters. The first kappa shape index (κ1) is 18.2. The number of ether oxygens (including phenoxy) is 1. The molecule has 2 bridgehead atoms. The number of nitrogens with zero attached hydrogens (tertiary/aromatic N) is 5. The summed E-state index contributed by atoms with van der Waals surface area (Å²) in [5.41, 5.74) is 6.49. The highest BCUT2D eigenvalue weighted by molar-refractivity contribution is 5.98. The van der Waals surface area contributed by atoms with Crippen molar-refractivity contribution in [2.24, 2.45) is 17.6 Å². The van der Waals surface area contributed by atoms with Crippen LogP contribution in [0.1, 0.15) is 18.7 Å². The van der Waals surface area contributed by atoms with Crippen molar-refractivity contribution in [2.75, 3.05) is 25.0 Å². The maximum atomic E-state index is 13.2. The van der Waals surface area contributed by atoms with Crippen molar-refractivity contribution < 1.29 is 14.3 Å². The molecule has 2 amide bonds. The molecule has 0 saturated carbocycles. The number of nitrogens with one attached hydrogen (secondary N) is 1. The molecule has 5 rings (SSSR count). The SMILES string of the molecule is Cc1nnnn1-c1cccc(NC(=O)[C@H]2[C@@H]3CC[C@@]4(CN(CCN)C(=O)[C@@H]24)O3)c1. The fourth-order valence-electron chi connectivity index (χ4n) is 5.10. The molecule has 1 spiro atoms. The van der Waals surface area contributed by atoms with E-state index >= 15 is 0 Å². The quantitative estimate of drug-likeness (QED) is 0.719. The Bertz CT molecular complexity index is 976. The van der Waals surface area contributed by atoms with Crippen molar-refractivity contribution in [3.63, 3.8) is 0 Å². The first-order chi connectivity index (χ1) is 14.0. The lowest BCUT2D eigenvalue weighted by atomic mass is 9.73. The number of fused-ring (bicyclic) bond motifs is 1. The second-order valence-electron chi connectivity index (χ2n) is 7.99. The Balaban J connectivity index is 1.38. The van der Waals surface area contributed by atoms with Crippen LogP contribution in [0.2, 0.25) is 0 Å². The van der Waals surface area contributed by atoms with Crippen LogP contribution in [0.3, 0.4) is 0 Å². The molecule has 3 N–H and O–H groups in total. The lowest BCUT2D eigenvalue weighted by molar-refractivity contribution is -0.136. The van der Waals surface area contributed by atoms with Gasteiger partial charge < -0.3 is 20.7 Å². The van der Waals surface area contributed by atoms with E-state index in [1.165, 1.54) is 0 Å². The van der Waals surface area contributed by atoms with E-state index in [-0.39, 0.29) is 17.9 Å². The van der Waals surface area contributed by atoms with E-state index in [0.29, 0.717) is 31.1 Å². The average molecular weight is 397 g/mol. The van der Waals surface area contributed by atoms with E-state index in [4.69, 9.17) is 10.5 Å². The van der Waals surface area contributed by atoms with Crippen LogP contribution in [-0.2, 0) is 14.3 Å². The Morgan fingerprint density at radius 3 is 3.07 bits per heavy atom. The molecule has 0 radical (unpaired) electrons. The average Bonchev–Trinajstić information content (AvgIpc) is 3.44. The number of likely N-dealkylation sites (tertiary alicyclic amines) is 1. The minimum absolute atomic E-state index is 0.0177. The summed E-state index contributed by atoms with van der Waals surface area (Å²) in [6.07, 6.45) is 1.39. The summed E-state index contributed by atoms with van der Waals surface area (Å²) in [6.45, 7) is 3.23. The summed E-state index contributed by atoms with van der Waals surface area (Å²) in [5.74, 6) is -0.477. The third-order valence-corrected chi connectivity index (χ3v) is 6.29. The van der Waals surface area contributed by atoms with Gasteiger partial charge in [0.2, 0.25) is 11.8 Å². The summed E-state index contributed by atoms with van der Waals surface area (Å²) >= 11 is 0. The molecule has 3 fully saturated rings. The summed E-state index contributed by atoms with van der Waals surface area (Å²) < 4.78 is 7.80. The molecule has 0 aliphatic carbocycles. The number of aryl methyl sites for hydroxylation is 1. The Labute approximate surface area is 167 Å². The second-order valence-corrected chi connectivity index (χ2v) is 7.99. The van der Waals surface area contributed by atoms with E-state index in [2.05, 4.69) is 20.8 Å². The molecule has 2 aromatic rings. The number of benzene rings is 1. The number of tetrazole rings is 1. The Hall–Kier alpha value is -2.85. The number of carbonyl (C=O) groups is 2. The van der Waals surface area contributed by atoms with Gasteiger partial charge in [-0.3, -0.25) is 9.59 Å². The van der Waals surface area contributed by atoms with E-state index in [1.54, 1.807) is 16.5 Å². The van der Waals surface area contributed by atoms with Gasteiger partial charge in [-0.05, 0) is 48.4 Å². The van der Waals surface area contributed by atoms with Crippen molar-refractivity contribution in [2.45, 2.75) is 31.5 Å². The van der Waals surface area contributed by atoms with E-state index in [9.17, 15) is 9.59 Å². The van der Waals surface area contributed by atoms with Crippen LogP contribution in [0.5, 0.6) is 0 Å². The lowest BCUT2D eigenvalue weighted by Crippen LogP contribution is -2.43. The molecule has 4 heterocycles. The van der Waals surface area contributed by atoms with Gasteiger partial charge in [0.1, 0.15) is 0 Å². The summed E-state index contributed by atoms with van der Waals surface area (Å²) in [5, 5.41) is 14.5. The van der Waals surface area contributed by atoms with Crippen molar-refractivity contribution in [3.8, 4) is 5.69 Å². The van der Waals surface area contributed by atoms with Gasteiger partial charge in [-0.2, -0.15) is 4.68 Å². The highest BCUT2D eigenvalue weighted by Gasteiger charge is 2.68. The Morgan fingerprint density at radius 2 is 2.31 bits per heavy atom. The summed E-state index contributed by atoms with van der Waals surface area (Å²) in [4.78, 5) is 27.9. The number of anilines is 1. The van der Waals surface area contributed by atoms with Crippen molar-refractivity contribution in [1.29, 1.82) is 0 Å². The fourth-order valence-corrected chi connectivity index (χ4v) is 5.10. The minimum Gasteiger partial charge on any atom is -0.368 e. The van der Waals surface area contributed by atoms with Crippen LogP contribution >= 0.6 is 0 Å². The van der Waals surface area contributed by atoms with Gasteiger partial charge >= 0.3 is 0 Å². The fraction of sp³-hybridized carbons (Fsp3) is 0.526. The molecular weight excluding hydrogens is 374 g/mol. The number of hydrogen-bond acceptors (Lipinski definition) is 7. The van der Waals surface area contributed by atoms with Crippen molar-refractivity contribution >= 4 is 17.5 Å². The number of aromatic nitrogens is 4. The largest absolute Gasteiger partial charge is 0.368 e. The predicted octanol–water partition coefficient (Wildman–Crippen LogP) is -0.126. The van der Waals surface area contributed by atoms with Crippen LogP contribution < -0.4 is 11.1 Å². The zero-order valence-corrected chi connectivity index (χ0v) is 16.1. The third kappa shape index (κ3) is 2.74. The smallest absolute Gasteiger partial charge is 0.231 e.